The normalized spacial score (nSPS) is 13.8. The Morgan fingerprint density at radius 1 is 0.408 bits per heavy atom. The highest BCUT2D eigenvalue weighted by atomic mass is 32.2. The third-order valence-electron chi connectivity index (χ3n) is 10.9. The lowest BCUT2D eigenvalue weighted by Gasteiger charge is -2.40. The fraction of sp³-hybridized carbons (Fsp3) is 0.0213. The summed E-state index contributed by atoms with van der Waals surface area (Å²) < 4.78 is 2.46. The van der Waals surface area contributed by atoms with Crippen molar-refractivity contribution >= 4 is 44.3 Å². The largest absolute Gasteiger partial charge is 0.309 e. The monoisotopic (exact) mass is 639 g/mol. The van der Waals surface area contributed by atoms with Crippen LogP contribution in [0.3, 0.4) is 0 Å². The Balaban J connectivity index is 1.18. The highest BCUT2D eigenvalue weighted by molar-refractivity contribution is 7.99. The van der Waals surface area contributed by atoms with E-state index in [1.54, 1.807) is 0 Å². The minimum atomic E-state index is -0.387. The summed E-state index contributed by atoms with van der Waals surface area (Å²) in [4.78, 5) is 2.68. The van der Waals surface area contributed by atoms with Crippen molar-refractivity contribution in [3.05, 3.63) is 198 Å². The first-order chi connectivity index (χ1) is 24.3. The fourth-order valence-electron chi connectivity index (χ4n) is 8.91. The van der Waals surface area contributed by atoms with Crippen LogP contribution >= 0.6 is 11.8 Å². The number of fused-ring (bicyclic) bond motifs is 14. The number of benzene rings is 8. The molecular weight excluding hydrogens is 611 g/mol. The van der Waals surface area contributed by atoms with Gasteiger partial charge in [0.2, 0.25) is 0 Å². The van der Waals surface area contributed by atoms with Crippen molar-refractivity contribution in [1.82, 2.24) is 4.57 Å². The lowest BCUT2D eigenvalue weighted by Crippen LogP contribution is -2.32. The Labute approximate surface area is 289 Å². The topological polar surface area (TPSA) is 4.93 Å². The molecule has 1 spiro atoms. The van der Waals surface area contributed by atoms with E-state index in [1.807, 2.05) is 11.8 Å². The van der Waals surface area contributed by atoms with Gasteiger partial charge in [-0.15, -0.1) is 0 Å². The predicted octanol–water partition coefficient (Wildman–Crippen LogP) is 12.4. The average molecular weight is 640 g/mol. The maximum atomic E-state index is 2.46. The molecule has 2 aliphatic rings. The molecule has 1 aromatic heterocycles. The van der Waals surface area contributed by atoms with E-state index in [2.05, 4.69) is 180 Å². The van der Waals surface area contributed by atoms with Crippen LogP contribution in [0.5, 0.6) is 0 Å². The molecule has 11 rings (SSSR count). The lowest BCUT2D eigenvalue weighted by atomic mass is 9.67. The number of rotatable bonds is 2. The molecule has 0 saturated heterocycles. The van der Waals surface area contributed by atoms with Crippen LogP contribution in [0.25, 0.3) is 60.5 Å². The van der Waals surface area contributed by atoms with Gasteiger partial charge in [-0.3, -0.25) is 0 Å². The standard InChI is InChI=1S/C47H29NS/c1-2-14-33-30(12-1)13-11-18-34(33)31-24-26-32(27-25-31)48-42-22-9-5-17-37(42)45-43(48)29-28-41-46(45)49-44-23-10-8-21-40(44)47(41)38-19-6-3-15-35(38)36-16-4-7-20-39(36)47/h1-29H. The van der Waals surface area contributed by atoms with Crippen molar-refractivity contribution in [2.75, 3.05) is 0 Å². The number of hydrogen-bond acceptors (Lipinski definition) is 1. The van der Waals surface area contributed by atoms with Crippen molar-refractivity contribution < 1.29 is 0 Å². The molecule has 1 aliphatic heterocycles. The van der Waals surface area contributed by atoms with E-state index in [4.69, 9.17) is 0 Å². The molecule has 0 fully saturated rings. The van der Waals surface area contributed by atoms with Gasteiger partial charge in [0.15, 0.2) is 0 Å². The summed E-state index contributed by atoms with van der Waals surface area (Å²) in [5.41, 5.74) is 13.9. The zero-order valence-electron chi connectivity index (χ0n) is 26.6. The van der Waals surface area contributed by atoms with E-state index in [0.29, 0.717) is 0 Å². The van der Waals surface area contributed by atoms with E-state index in [-0.39, 0.29) is 5.41 Å². The highest BCUT2D eigenvalue weighted by Gasteiger charge is 2.50. The molecule has 0 radical (unpaired) electrons. The van der Waals surface area contributed by atoms with Crippen LogP contribution in [0.15, 0.2) is 186 Å². The van der Waals surface area contributed by atoms with Gasteiger partial charge < -0.3 is 4.57 Å². The molecule has 0 bridgehead atoms. The molecule has 0 saturated carbocycles. The first kappa shape index (κ1) is 27.2. The molecule has 1 aliphatic carbocycles. The van der Waals surface area contributed by atoms with Crippen LogP contribution in [0.1, 0.15) is 22.3 Å². The van der Waals surface area contributed by atoms with Crippen LogP contribution in [-0.2, 0) is 5.41 Å². The maximum absolute atomic E-state index is 2.46. The van der Waals surface area contributed by atoms with E-state index in [1.165, 1.54) is 92.6 Å². The lowest BCUT2D eigenvalue weighted by molar-refractivity contribution is 0.726. The van der Waals surface area contributed by atoms with Crippen LogP contribution in [-0.4, -0.2) is 4.57 Å². The van der Waals surface area contributed by atoms with Crippen molar-refractivity contribution in [1.29, 1.82) is 0 Å². The van der Waals surface area contributed by atoms with E-state index in [0.717, 1.165) is 0 Å². The molecule has 228 valence electrons. The first-order valence-electron chi connectivity index (χ1n) is 16.9. The molecule has 1 nitrogen and oxygen atoms in total. The Kier molecular flexibility index (Phi) is 5.59. The Morgan fingerprint density at radius 3 is 1.82 bits per heavy atom. The van der Waals surface area contributed by atoms with Gasteiger partial charge in [0.25, 0.3) is 0 Å². The molecule has 0 amide bonds. The fourth-order valence-corrected chi connectivity index (χ4v) is 10.3. The van der Waals surface area contributed by atoms with Crippen LogP contribution in [0.2, 0.25) is 0 Å². The Bertz CT molecular complexity index is 2750. The van der Waals surface area contributed by atoms with Crippen molar-refractivity contribution in [3.63, 3.8) is 0 Å². The van der Waals surface area contributed by atoms with Crippen LogP contribution in [0, 0.1) is 0 Å². The average Bonchev–Trinajstić information content (AvgIpc) is 3.66. The van der Waals surface area contributed by atoms with Gasteiger partial charge in [-0.1, -0.05) is 157 Å². The summed E-state index contributed by atoms with van der Waals surface area (Å²) in [5.74, 6) is 0. The molecule has 9 aromatic rings. The van der Waals surface area contributed by atoms with Crippen molar-refractivity contribution in [2.45, 2.75) is 15.2 Å². The van der Waals surface area contributed by atoms with Gasteiger partial charge in [0, 0.05) is 26.3 Å². The van der Waals surface area contributed by atoms with Crippen molar-refractivity contribution in [2.24, 2.45) is 0 Å². The van der Waals surface area contributed by atoms with Gasteiger partial charge >= 0.3 is 0 Å². The smallest absolute Gasteiger partial charge is 0.0735 e. The Morgan fingerprint density at radius 2 is 1.02 bits per heavy atom. The summed E-state index contributed by atoms with van der Waals surface area (Å²) in [5, 5.41) is 5.16. The van der Waals surface area contributed by atoms with Crippen LogP contribution in [0.4, 0.5) is 0 Å². The summed E-state index contributed by atoms with van der Waals surface area (Å²) in [6.45, 7) is 0. The van der Waals surface area contributed by atoms with Gasteiger partial charge in [0.1, 0.15) is 0 Å². The predicted molar refractivity (Wildman–Crippen MR) is 205 cm³/mol. The molecule has 0 atom stereocenters. The maximum Gasteiger partial charge on any atom is 0.0735 e. The second kappa shape index (κ2) is 10.1. The molecule has 2 heteroatoms. The van der Waals surface area contributed by atoms with Gasteiger partial charge in [0.05, 0.1) is 16.4 Å². The van der Waals surface area contributed by atoms with Gasteiger partial charge in [-0.25, -0.2) is 0 Å². The number of aromatic nitrogens is 1. The zero-order chi connectivity index (χ0) is 32.1. The Hall–Kier alpha value is -5.83. The molecular formula is C47H29NS. The molecule has 49 heavy (non-hydrogen) atoms. The number of nitrogens with zero attached hydrogens (tertiary/aromatic N) is 1. The van der Waals surface area contributed by atoms with E-state index < -0.39 is 0 Å². The van der Waals surface area contributed by atoms with Gasteiger partial charge in [-0.2, -0.15) is 0 Å². The quantitative estimate of drug-likeness (QED) is 0.182. The van der Waals surface area contributed by atoms with Gasteiger partial charge in [-0.05, 0) is 85.6 Å². The minimum Gasteiger partial charge on any atom is -0.309 e. The van der Waals surface area contributed by atoms with Crippen LogP contribution < -0.4 is 0 Å². The molecule has 2 heterocycles. The zero-order valence-corrected chi connectivity index (χ0v) is 27.4. The third kappa shape index (κ3) is 3.56. The SMILES string of the molecule is c1ccc2c(c1)Sc1c(ccc3c1c1ccccc1n3-c1ccc(-c3cccc4ccccc34)cc1)C21c2ccccc2-c2ccccc21. The van der Waals surface area contributed by atoms with E-state index in [9.17, 15) is 0 Å². The second-order valence-corrected chi connectivity index (χ2v) is 14.3. The summed E-state index contributed by atoms with van der Waals surface area (Å²) in [6.07, 6.45) is 0. The minimum absolute atomic E-state index is 0.387. The van der Waals surface area contributed by atoms with Crippen molar-refractivity contribution in [3.8, 4) is 27.9 Å². The summed E-state index contributed by atoms with van der Waals surface area (Å²) in [7, 11) is 0. The highest BCUT2D eigenvalue weighted by Crippen LogP contribution is 2.63. The summed E-state index contributed by atoms with van der Waals surface area (Å²) >= 11 is 1.93. The second-order valence-electron chi connectivity index (χ2n) is 13.2. The third-order valence-corrected chi connectivity index (χ3v) is 12.1. The first-order valence-corrected chi connectivity index (χ1v) is 17.8. The summed E-state index contributed by atoms with van der Waals surface area (Å²) in [6, 6.07) is 65.3. The number of para-hydroxylation sites is 1. The van der Waals surface area contributed by atoms with E-state index >= 15 is 0 Å². The molecule has 8 aromatic carbocycles. The number of hydrogen-bond donors (Lipinski definition) is 0. The molecule has 0 unspecified atom stereocenters. The molecule has 0 N–H and O–H groups in total.